The minimum absolute atomic E-state index is 0.170. The summed E-state index contributed by atoms with van der Waals surface area (Å²) >= 11 is 6.02. The molecule has 2 aromatic rings. The van der Waals surface area contributed by atoms with Crippen molar-refractivity contribution in [3.05, 3.63) is 47.4 Å². The fourth-order valence-electron chi connectivity index (χ4n) is 2.50. The Balaban J connectivity index is 1.67. The van der Waals surface area contributed by atoms with Gasteiger partial charge in [0.2, 0.25) is 0 Å². The van der Waals surface area contributed by atoms with Crippen molar-refractivity contribution in [3.63, 3.8) is 0 Å². The lowest BCUT2D eigenvalue weighted by Crippen LogP contribution is -2.49. The molecule has 1 saturated heterocycles. The maximum atomic E-state index is 12.4. The molecule has 1 aromatic heterocycles. The molecule has 1 aromatic carbocycles. The van der Waals surface area contributed by atoms with Crippen LogP contribution >= 0.6 is 11.6 Å². The van der Waals surface area contributed by atoms with Crippen molar-refractivity contribution in [3.8, 4) is 0 Å². The van der Waals surface area contributed by atoms with Crippen LogP contribution in [0.1, 0.15) is 10.5 Å². The first-order valence-electron chi connectivity index (χ1n) is 7.01. The van der Waals surface area contributed by atoms with E-state index in [4.69, 9.17) is 17.3 Å². The molecule has 0 saturated carbocycles. The van der Waals surface area contributed by atoms with Gasteiger partial charge in [-0.3, -0.25) is 4.79 Å². The normalized spacial score (nSPS) is 15.0. The Morgan fingerprint density at radius 1 is 1.14 bits per heavy atom. The molecule has 0 radical (unpaired) electrons. The highest BCUT2D eigenvalue weighted by Crippen LogP contribution is 2.21. The maximum Gasteiger partial charge on any atom is 0.276 e. The molecule has 7 heteroatoms. The number of aromatic nitrogens is 2. The number of benzene rings is 1. The average molecular weight is 318 g/mol. The van der Waals surface area contributed by atoms with Crippen LogP contribution in [0.4, 0.5) is 11.5 Å². The second-order valence-electron chi connectivity index (χ2n) is 5.05. The first-order valence-corrected chi connectivity index (χ1v) is 7.39. The predicted molar refractivity (Wildman–Crippen MR) is 86.0 cm³/mol. The van der Waals surface area contributed by atoms with E-state index >= 15 is 0 Å². The number of hydrogen-bond donors (Lipinski definition) is 1. The Morgan fingerprint density at radius 3 is 2.55 bits per heavy atom. The third-order valence-corrected chi connectivity index (χ3v) is 3.90. The molecule has 1 aliphatic heterocycles. The smallest absolute Gasteiger partial charge is 0.276 e. The Kier molecular flexibility index (Phi) is 4.11. The molecule has 1 aliphatic rings. The number of piperazine rings is 1. The molecular weight excluding hydrogens is 302 g/mol. The van der Waals surface area contributed by atoms with Gasteiger partial charge in [-0.25, -0.2) is 9.97 Å². The molecule has 2 heterocycles. The van der Waals surface area contributed by atoms with Crippen LogP contribution in [0.3, 0.4) is 0 Å². The van der Waals surface area contributed by atoms with E-state index in [0.717, 1.165) is 18.8 Å². The van der Waals surface area contributed by atoms with E-state index in [9.17, 15) is 4.79 Å². The van der Waals surface area contributed by atoms with Crippen molar-refractivity contribution < 1.29 is 4.79 Å². The summed E-state index contributed by atoms with van der Waals surface area (Å²) in [4.78, 5) is 24.3. The molecule has 2 N–H and O–H groups in total. The molecule has 0 unspecified atom stereocenters. The van der Waals surface area contributed by atoms with Crippen molar-refractivity contribution in [2.24, 2.45) is 0 Å². The van der Waals surface area contributed by atoms with Gasteiger partial charge in [-0.2, -0.15) is 0 Å². The highest BCUT2D eigenvalue weighted by molar-refractivity contribution is 6.30. The van der Waals surface area contributed by atoms with E-state index in [2.05, 4.69) is 14.9 Å². The van der Waals surface area contributed by atoms with Gasteiger partial charge in [0.05, 0.1) is 0 Å². The Hall–Kier alpha value is -2.34. The number of nitrogens with two attached hydrogens (primary N) is 1. The van der Waals surface area contributed by atoms with Gasteiger partial charge in [-0.15, -0.1) is 0 Å². The van der Waals surface area contributed by atoms with Gasteiger partial charge in [0.15, 0.2) is 11.5 Å². The topological polar surface area (TPSA) is 75.3 Å². The molecule has 114 valence electrons. The number of rotatable bonds is 2. The zero-order valence-electron chi connectivity index (χ0n) is 11.9. The number of halogens is 1. The second kappa shape index (κ2) is 6.19. The highest BCUT2D eigenvalue weighted by Gasteiger charge is 2.24. The largest absolute Gasteiger partial charge is 0.382 e. The molecule has 0 spiro atoms. The molecular formula is C15H16ClN5O. The van der Waals surface area contributed by atoms with Gasteiger partial charge in [0.25, 0.3) is 5.91 Å². The molecule has 0 bridgehead atoms. The minimum Gasteiger partial charge on any atom is -0.382 e. The quantitative estimate of drug-likeness (QED) is 0.912. The third kappa shape index (κ3) is 2.96. The van der Waals surface area contributed by atoms with Crippen LogP contribution in [0.5, 0.6) is 0 Å². The first kappa shape index (κ1) is 14.6. The first-order chi connectivity index (χ1) is 10.6. The SMILES string of the molecule is Nc1nccnc1C(=O)N1CCN(c2cccc(Cl)c2)CC1. The summed E-state index contributed by atoms with van der Waals surface area (Å²) in [6.07, 6.45) is 2.95. The molecule has 0 atom stereocenters. The lowest BCUT2D eigenvalue weighted by molar-refractivity contribution is 0.0741. The van der Waals surface area contributed by atoms with Crippen molar-refractivity contribution in [1.29, 1.82) is 0 Å². The third-order valence-electron chi connectivity index (χ3n) is 3.67. The standard InChI is InChI=1S/C15H16ClN5O/c16-11-2-1-3-12(10-11)20-6-8-21(9-7-20)15(22)13-14(17)19-5-4-18-13/h1-5,10H,6-9H2,(H2,17,19). The Morgan fingerprint density at radius 2 is 1.86 bits per heavy atom. The Labute approximate surface area is 133 Å². The van der Waals surface area contributed by atoms with E-state index in [0.29, 0.717) is 18.1 Å². The van der Waals surface area contributed by atoms with Crippen LogP contribution in [0.2, 0.25) is 5.02 Å². The number of nitrogen functional groups attached to an aromatic ring is 1. The summed E-state index contributed by atoms with van der Waals surface area (Å²) in [6, 6.07) is 7.72. The number of nitrogens with zero attached hydrogens (tertiary/aromatic N) is 4. The van der Waals surface area contributed by atoms with Crippen LogP contribution < -0.4 is 10.6 Å². The number of hydrogen-bond acceptors (Lipinski definition) is 5. The number of amides is 1. The number of anilines is 2. The molecule has 0 aliphatic carbocycles. The Bertz CT molecular complexity index is 685. The maximum absolute atomic E-state index is 12.4. The summed E-state index contributed by atoms with van der Waals surface area (Å²) in [5.74, 6) is 0.00103. The molecule has 1 fully saturated rings. The van der Waals surface area contributed by atoms with Gasteiger partial charge in [-0.05, 0) is 18.2 Å². The van der Waals surface area contributed by atoms with Gasteiger partial charge < -0.3 is 15.5 Å². The summed E-state index contributed by atoms with van der Waals surface area (Å²) in [5, 5.41) is 0.711. The fourth-order valence-corrected chi connectivity index (χ4v) is 2.69. The summed E-state index contributed by atoms with van der Waals surface area (Å²) in [5.41, 5.74) is 7.01. The van der Waals surface area contributed by atoms with Crippen molar-refractivity contribution in [2.45, 2.75) is 0 Å². The van der Waals surface area contributed by atoms with E-state index in [1.54, 1.807) is 4.90 Å². The molecule has 3 rings (SSSR count). The van der Waals surface area contributed by atoms with Crippen LogP contribution in [-0.2, 0) is 0 Å². The fraction of sp³-hybridized carbons (Fsp3) is 0.267. The highest BCUT2D eigenvalue weighted by atomic mass is 35.5. The summed E-state index contributed by atoms with van der Waals surface area (Å²) in [6.45, 7) is 2.71. The predicted octanol–water partition coefficient (Wildman–Crippen LogP) is 1.67. The van der Waals surface area contributed by atoms with Crippen molar-refractivity contribution in [1.82, 2.24) is 14.9 Å². The van der Waals surface area contributed by atoms with Gasteiger partial charge in [-0.1, -0.05) is 17.7 Å². The lowest BCUT2D eigenvalue weighted by Gasteiger charge is -2.36. The van der Waals surface area contributed by atoms with Gasteiger partial charge in [0.1, 0.15) is 0 Å². The van der Waals surface area contributed by atoms with Gasteiger partial charge >= 0.3 is 0 Å². The van der Waals surface area contributed by atoms with Crippen LogP contribution in [-0.4, -0.2) is 47.0 Å². The average Bonchev–Trinajstić information content (AvgIpc) is 2.55. The number of carbonyl (C=O) groups is 1. The summed E-state index contributed by atoms with van der Waals surface area (Å²) < 4.78 is 0. The van der Waals surface area contributed by atoms with Crippen molar-refractivity contribution in [2.75, 3.05) is 36.8 Å². The van der Waals surface area contributed by atoms with Crippen molar-refractivity contribution >= 4 is 29.0 Å². The monoisotopic (exact) mass is 317 g/mol. The lowest BCUT2D eigenvalue weighted by atomic mass is 10.2. The van der Waals surface area contributed by atoms with Crippen LogP contribution in [0.25, 0.3) is 0 Å². The summed E-state index contributed by atoms with van der Waals surface area (Å²) in [7, 11) is 0. The molecule has 6 nitrogen and oxygen atoms in total. The van der Waals surface area contributed by atoms with Crippen LogP contribution in [0.15, 0.2) is 36.7 Å². The zero-order valence-corrected chi connectivity index (χ0v) is 12.7. The molecule has 1 amide bonds. The van der Waals surface area contributed by atoms with E-state index in [1.807, 2.05) is 24.3 Å². The minimum atomic E-state index is -0.170. The van der Waals surface area contributed by atoms with E-state index in [-0.39, 0.29) is 17.4 Å². The van der Waals surface area contributed by atoms with E-state index in [1.165, 1.54) is 12.4 Å². The number of carbonyl (C=O) groups excluding carboxylic acids is 1. The van der Waals surface area contributed by atoms with Gasteiger partial charge in [0, 0.05) is 49.3 Å². The van der Waals surface area contributed by atoms with E-state index < -0.39 is 0 Å². The molecule has 22 heavy (non-hydrogen) atoms. The second-order valence-corrected chi connectivity index (χ2v) is 5.49. The van der Waals surface area contributed by atoms with Crippen LogP contribution in [0, 0.1) is 0 Å². The zero-order chi connectivity index (χ0) is 15.5.